The first-order valence-corrected chi connectivity index (χ1v) is 6.18. The maximum Gasteiger partial charge on any atom is 0.270 e. The fourth-order valence-corrected chi connectivity index (χ4v) is 1.81. The Morgan fingerprint density at radius 3 is 3.00 bits per heavy atom. The molecule has 0 fully saturated rings. The lowest BCUT2D eigenvalue weighted by Crippen LogP contribution is -2.03. The van der Waals surface area contributed by atoms with Gasteiger partial charge in [-0.3, -0.25) is 14.8 Å². The van der Waals surface area contributed by atoms with E-state index in [0.717, 1.165) is 5.56 Å². The van der Waals surface area contributed by atoms with Gasteiger partial charge in [-0.2, -0.15) is 10.4 Å². The van der Waals surface area contributed by atoms with Crippen molar-refractivity contribution >= 4 is 11.4 Å². The molecule has 1 aromatic heterocycles. The van der Waals surface area contributed by atoms with Gasteiger partial charge in [-0.15, -0.1) is 0 Å². The van der Waals surface area contributed by atoms with Crippen LogP contribution in [-0.2, 0) is 13.1 Å². The molecule has 0 spiro atoms. The third kappa shape index (κ3) is 3.55. The lowest BCUT2D eigenvalue weighted by molar-refractivity contribution is -0.384. The molecular weight excluding hydrogens is 274 g/mol. The van der Waals surface area contributed by atoms with Gasteiger partial charge in [0.15, 0.2) is 0 Å². The maximum absolute atomic E-state index is 10.7. The summed E-state index contributed by atoms with van der Waals surface area (Å²) >= 11 is 0. The molecule has 0 aliphatic heterocycles. The van der Waals surface area contributed by atoms with Gasteiger partial charge in [0, 0.05) is 30.4 Å². The van der Waals surface area contributed by atoms with Crippen LogP contribution < -0.4 is 5.32 Å². The first kappa shape index (κ1) is 14.5. The van der Waals surface area contributed by atoms with E-state index in [1.54, 1.807) is 17.1 Å². The molecule has 0 atom stereocenters. The predicted octanol–water partition coefficient (Wildman–Crippen LogP) is 1.27. The fraction of sp³-hybridized carbons (Fsp3) is 0.231. The van der Waals surface area contributed by atoms with E-state index in [0.29, 0.717) is 18.8 Å². The van der Waals surface area contributed by atoms with Crippen LogP contribution in [0.15, 0.2) is 30.6 Å². The van der Waals surface area contributed by atoms with Gasteiger partial charge in [0.2, 0.25) is 0 Å². The Labute approximate surface area is 120 Å². The van der Waals surface area contributed by atoms with Crippen LogP contribution in [0, 0.1) is 21.4 Å². The first-order valence-electron chi connectivity index (χ1n) is 6.18. The molecule has 2 N–H and O–H groups in total. The Kier molecular flexibility index (Phi) is 4.48. The minimum atomic E-state index is -0.538. The third-order valence-electron chi connectivity index (χ3n) is 2.83. The zero-order chi connectivity index (χ0) is 15.2. The van der Waals surface area contributed by atoms with Crippen molar-refractivity contribution in [2.75, 3.05) is 11.9 Å². The second kappa shape index (κ2) is 6.49. The van der Waals surface area contributed by atoms with Gasteiger partial charge in [0.1, 0.15) is 6.07 Å². The number of nitro groups is 1. The highest BCUT2D eigenvalue weighted by Crippen LogP contribution is 2.21. The van der Waals surface area contributed by atoms with E-state index in [2.05, 4.69) is 10.4 Å². The number of hydrogen-bond donors (Lipinski definition) is 2. The van der Waals surface area contributed by atoms with Crippen LogP contribution in [0.3, 0.4) is 0 Å². The molecule has 1 aromatic carbocycles. The standard InChI is InChI=1S/C13H13N5O3/c14-6-11-5-12(18(20)21)1-2-13(11)15-7-10-8-16-17(9-10)3-4-19/h1-2,5,8-9,15,19H,3-4,7H2. The normalized spacial score (nSPS) is 10.1. The highest BCUT2D eigenvalue weighted by Gasteiger charge is 2.10. The lowest BCUT2D eigenvalue weighted by atomic mass is 10.1. The molecule has 8 nitrogen and oxygen atoms in total. The quantitative estimate of drug-likeness (QED) is 0.610. The van der Waals surface area contributed by atoms with Gasteiger partial charge in [-0.1, -0.05) is 0 Å². The SMILES string of the molecule is N#Cc1cc([N+](=O)[O-])ccc1NCc1cnn(CCO)c1. The molecule has 1 heterocycles. The number of aromatic nitrogens is 2. The van der Waals surface area contributed by atoms with Crippen molar-refractivity contribution in [3.8, 4) is 6.07 Å². The van der Waals surface area contributed by atoms with Crippen LogP contribution in [0.5, 0.6) is 0 Å². The average Bonchev–Trinajstić information content (AvgIpc) is 2.93. The minimum Gasteiger partial charge on any atom is -0.394 e. The summed E-state index contributed by atoms with van der Waals surface area (Å²) in [5.74, 6) is 0. The molecule has 108 valence electrons. The number of nitriles is 1. The van der Waals surface area contributed by atoms with E-state index < -0.39 is 4.92 Å². The smallest absolute Gasteiger partial charge is 0.270 e. The lowest BCUT2D eigenvalue weighted by Gasteiger charge is -2.06. The number of aliphatic hydroxyl groups is 1. The molecule has 21 heavy (non-hydrogen) atoms. The van der Waals surface area contributed by atoms with E-state index in [-0.39, 0.29) is 17.9 Å². The van der Waals surface area contributed by atoms with E-state index in [1.807, 2.05) is 6.07 Å². The molecule has 0 saturated heterocycles. The summed E-state index contributed by atoms with van der Waals surface area (Å²) in [5, 5.41) is 35.6. The molecule has 0 amide bonds. The number of hydrogen-bond acceptors (Lipinski definition) is 6. The van der Waals surface area contributed by atoms with E-state index >= 15 is 0 Å². The highest BCUT2D eigenvalue weighted by molar-refractivity contribution is 5.61. The van der Waals surface area contributed by atoms with Crippen LogP contribution in [0.2, 0.25) is 0 Å². The Morgan fingerprint density at radius 1 is 1.52 bits per heavy atom. The number of rotatable bonds is 6. The number of non-ortho nitro benzene ring substituents is 1. The molecule has 0 aliphatic carbocycles. The van der Waals surface area contributed by atoms with Gasteiger partial charge in [-0.25, -0.2) is 0 Å². The van der Waals surface area contributed by atoms with Crippen LogP contribution >= 0.6 is 0 Å². The Hall–Kier alpha value is -2.92. The van der Waals surface area contributed by atoms with Crippen molar-refractivity contribution < 1.29 is 10.0 Å². The van der Waals surface area contributed by atoms with Gasteiger partial charge in [0.25, 0.3) is 5.69 Å². The first-order chi connectivity index (χ1) is 10.1. The van der Waals surface area contributed by atoms with Crippen LogP contribution in [0.4, 0.5) is 11.4 Å². The van der Waals surface area contributed by atoms with Gasteiger partial charge in [-0.05, 0) is 6.07 Å². The summed E-state index contributed by atoms with van der Waals surface area (Å²) in [5.41, 5.74) is 1.50. The summed E-state index contributed by atoms with van der Waals surface area (Å²) in [6, 6.07) is 6.02. The Morgan fingerprint density at radius 2 is 2.33 bits per heavy atom. The third-order valence-corrected chi connectivity index (χ3v) is 2.83. The zero-order valence-electron chi connectivity index (χ0n) is 11.1. The molecule has 0 unspecified atom stereocenters. The molecule has 0 aliphatic rings. The molecule has 2 aromatic rings. The molecular formula is C13H13N5O3. The molecule has 0 saturated carbocycles. The number of anilines is 1. The highest BCUT2D eigenvalue weighted by atomic mass is 16.6. The van der Waals surface area contributed by atoms with Crippen molar-refractivity contribution in [2.24, 2.45) is 0 Å². The van der Waals surface area contributed by atoms with Crippen molar-refractivity contribution in [2.45, 2.75) is 13.1 Å². The molecule has 0 bridgehead atoms. The second-order valence-electron chi connectivity index (χ2n) is 4.29. The van der Waals surface area contributed by atoms with Crippen molar-refractivity contribution in [3.63, 3.8) is 0 Å². The van der Waals surface area contributed by atoms with Crippen LogP contribution in [0.1, 0.15) is 11.1 Å². The minimum absolute atomic E-state index is 0.00941. The number of benzene rings is 1. The molecule has 8 heteroatoms. The van der Waals surface area contributed by atoms with E-state index in [9.17, 15) is 10.1 Å². The number of nitrogens with zero attached hydrogens (tertiary/aromatic N) is 4. The van der Waals surface area contributed by atoms with Gasteiger partial charge >= 0.3 is 0 Å². The van der Waals surface area contributed by atoms with Crippen molar-refractivity contribution in [1.82, 2.24) is 9.78 Å². The number of nitrogens with one attached hydrogen (secondary N) is 1. The van der Waals surface area contributed by atoms with E-state index in [4.69, 9.17) is 10.4 Å². The van der Waals surface area contributed by atoms with Gasteiger partial charge < -0.3 is 10.4 Å². The van der Waals surface area contributed by atoms with Crippen LogP contribution in [-0.4, -0.2) is 26.4 Å². The summed E-state index contributed by atoms with van der Waals surface area (Å²) in [7, 11) is 0. The zero-order valence-corrected chi connectivity index (χ0v) is 11.1. The maximum atomic E-state index is 10.7. The summed E-state index contributed by atoms with van der Waals surface area (Å²) in [6.07, 6.45) is 3.43. The van der Waals surface area contributed by atoms with Crippen molar-refractivity contribution in [1.29, 1.82) is 5.26 Å². The number of aliphatic hydroxyl groups excluding tert-OH is 1. The average molecular weight is 287 g/mol. The van der Waals surface area contributed by atoms with Crippen LogP contribution in [0.25, 0.3) is 0 Å². The summed E-state index contributed by atoms with van der Waals surface area (Å²) in [6.45, 7) is 0.856. The van der Waals surface area contributed by atoms with Crippen molar-refractivity contribution in [3.05, 3.63) is 51.8 Å². The fourth-order valence-electron chi connectivity index (χ4n) is 1.81. The largest absolute Gasteiger partial charge is 0.394 e. The topological polar surface area (TPSA) is 117 Å². The number of nitro benzene ring substituents is 1. The second-order valence-corrected chi connectivity index (χ2v) is 4.29. The Bertz CT molecular complexity index is 689. The Balaban J connectivity index is 2.08. The monoisotopic (exact) mass is 287 g/mol. The molecule has 2 rings (SSSR count). The summed E-state index contributed by atoms with van der Waals surface area (Å²) in [4.78, 5) is 10.1. The van der Waals surface area contributed by atoms with E-state index in [1.165, 1.54) is 18.2 Å². The molecule has 0 radical (unpaired) electrons. The van der Waals surface area contributed by atoms with Gasteiger partial charge in [0.05, 0.1) is 35.5 Å². The summed E-state index contributed by atoms with van der Waals surface area (Å²) < 4.78 is 1.61. The predicted molar refractivity (Wildman–Crippen MR) is 74.5 cm³/mol.